The predicted molar refractivity (Wildman–Crippen MR) is 215 cm³/mol. The average Bonchev–Trinajstić information content (AvgIpc) is 3.58. The van der Waals surface area contributed by atoms with Crippen LogP contribution in [-0.4, -0.2) is 90.8 Å². The number of hydrogen-bond acceptors (Lipinski definition) is 12. The Balaban J connectivity index is 1.38. The monoisotopic (exact) mass is 832 g/mol. The quantitative estimate of drug-likeness (QED) is 0.0968. The number of fused-ring (bicyclic) bond motifs is 1. The molecule has 59 heavy (non-hydrogen) atoms. The van der Waals surface area contributed by atoms with Crippen molar-refractivity contribution < 1.29 is 50.9 Å². The number of nitrogens with one attached hydrogen (secondary N) is 1. The van der Waals surface area contributed by atoms with Gasteiger partial charge in [0.05, 0.1) is 24.1 Å². The molecule has 2 aromatic heterocycles. The first-order valence-electron chi connectivity index (χ1n) is 18.2. The summed E-state index contributed by atoms with van der Waals surface area (Å²) in [6.07, 6.45) is 0.896. The molecule has 0 fully saturated rings. The minimum atomic E-state index is -3.68. The summed E-state index contributed by atoms with van der Waals surface area (Å²) in [5.41, 5.74) is 2.18. The SMILES string of the molecule is COc1cc(S(C)(=O)=O)ccc1N(C(=O)OCOC(=O)C(C(C)C)N(C)C(=O)OC(C)(C)C)c1nc2ccc(-c3ccc(NC(=O)Cc4ccc(F)cc4)cc3)cn2n1. The van der Waals surface area contributed by atoms with Crippen molar-refractivity contribution in [1.29, 1.82) is 0 Å². The van der Waals surface area contributed by atoms with Crippen LogP contribution in [0, 0.1) is 11.7 Å². The first-order chi connectivity index (χ1) is 27.7. The molecule has 5 rings (SSSR count). The molecule has 0 aliphatic rings. The number of aromatic nitrogens is 3. The Morgan fingerprint density at radius 2 is 1.56 bits per heavy atom. The van der Waals surface area contributed by atoms with E-state index >= 15 is 0 Å². The molecule has 0 bridgehead atoms. The minimum Gasteiger partial charge on any atom is -0.495 e. The second-order valence-electron chi connectivity index (χ2n) is 14.8. The lowest BCUT2D eigenvalue weighted by atomic mass is 10.0. The molecular weight excluding hydrogens is 788 g/mol. The van der Waals surface area contributed by atoms with E-state index < -0.39 is 52.3 Å². The molecule has 1 unspecified atom stereocenters. The van der Waals surface area contributed by atoms with Crippen LogP contribution >= 0.6 is 0 Å². The van der Waals surface area contributed by atoms with Crippen LogP contribution in [0.3, 0.4) is 0 Å². The zero-order valence-electron chi connectivity index (χ0n) is 33.8. The number of sulfone groups is 1. The van der Waals surface area contributed by atoms with Gasteiger partial charge in [0.1, 0.15) is 23.2 Å². The Labute approximate surface area is 340 Å². The molecular formula is C41H45FN6O10S. The van der Waals surface area contributed by atoms with Gasteiger partial charge in [0.2, 0.25) is 12.7 Å². The van der Waals surface area contributed by atoms with Gasteiger partial charge in [-0.2, -0.15) is 4.98 Å². The van der Waals surface area contributed by atoms with E-state index in [1.807, 2.05) is 0 Å². The van der Waals surface area contributed by atoms with Crippen LogP contribution in [0.25, 0.3) is 16.8 Å². The lowest BCUT2D eigenvalue weighted by Crippen LogP contribution is -2.48. The average molecular weight is 833 g/mol. The van der Waals surface area contributed by atoms with E-state index in [0.717, 1.165) is 21.6 Å². The van der Waals surface area contributed by atoms with Gasteiger partial charge in [0.15, 0.2) is 15.5 Å². The van der Waals surface area contributed by atoms with Gasteiger partial charge in [0, 0.05) is 36.8 Å². The molecule has 0 saturated carbocycles. The molecule has 3 amide bonds. The third kappa shape index (κ3) is 11.1. The number of benzene rings is 3. The molecule has 18 heteroatoms. The van der Waals surface area contributed by atoms with Gasteiger partial charge in [-0.25, -0.2) is 36.6 Å². The molecule has 1 atom stereocenters. The number of methoxy groups -OCH3 is 1. The first kappa shape index (κ1) is 43.6. The molecule has 16 nitrogen and oxygen atoms in total. The number of halogens is 1. The van der Waals surface area contributed by atoms with E-state index in [0.29, 0.717) is 22.5 Å². The third-order valence-electron chi connectivity index (χ3n) is 8.66. The molecule has 312 valence electrons. The normalized spacial score (nSPS) is 12.1. The topological polar surface area (TPSA) is 188 Å². The van der Waals surface area contributed by atoms with Crippen LogP contribution in [0.4, 0.5) is 31.3 Å². The Hall–Kier alpha value is -6.56. The van der Waals surface area contributed by atoms with Crippen molar-refractivity contribution in [2.75, 3.05) is 37.4 Å². The highest BCUT2D eigenvalue weighted by Crippen LogP contribution is 2.35. The number of carbonyl (C=O) groups is 4. The number of hydrogen-bond donors (Lipinski definition) is 1. The summed E-state index contributed by atoms with van der Waals surface area (Å²) in [4.78, 5) is 58.9. The van der Waals surface area contributed by atoms with E-state index in [4.69, 9.17) is 18.9 Å². The van der Waals surface area contributed by atoms with E-state index in [2.05, 4.69) is 15.4 Å². The lowest BCUT2D eigenvalue weighted by molar-refractivity contribution is -0.159. The lowest BCUT2D eigenvalue weighted by Gasteiger charge is -2.31. The van der Waals surface area contributed by atoms with E-state index in [9.17, 15) is 32.0 Å². The fraction of sp³-hybridized carbons (Fsp3) is 0.317. The number of pyridine rings is 1. The van der Waals surface area contributed by atoms with E-state index in [-0.39, 0.29) is 40.4 Å². The van der Waals surface area contributed by atoms with Gasteiger partial charge in [0.25, 0.3) is 5.95 Å². The fourth-order valence-corrected chi connectivity index (χ4v) is 6.49. The number of nitrogens with zero attached hydrogens (tertiary/aromatic N) is 5. The number of carbonyl (C=O) groups excluding carboxylic acids is 4. The van der Waals surface area contributed by atoms with Crippen molar-refractivity contribution in [2.24, 2.45) is 5.92 Å². The second kappa shape index (κ2) is 17.9. The molecule has 5 aromatic rings. The molecule has 0 aliphatic carbocycles. The molecule has 0 saturated heterocycles. The van der Waals surface area contributed by atoms with Crippen LogP contribution in [-0.2, 0) is 40.1 Å². The second-order valence-corrected chi connectivity index (χ2v) is 16.8. The van der Waals surface area contributed by atoms with Crippen LogP contribution in [0.15, 0.2) is 90.0 Å². The van der Waals surface area contributed by atoms with Crippen molar-refractivity contribution in [3.63, 3.8) is 0 Å². The van der Waals surface area contributed by atoms with Crippen molar-refractivity contribution in [3.05, 3.63) is 96.4 Å². The number of anilines is 3. The maximum atomic E-state index is 13.9. The maximum absolute atomic E-state index is 13.9. The largest absolute Gasteiger partial charge is 0.495 e. The standard InChI is InChI=1S/C41H45FN6O10S/c1-25(2)36(46(6)39(51)58-41(3,4)5)37(50)56-24-57-40(52)48(32-19-18-31(59(8,53)54)22-33(32)55-7)38-44-34-20-13-28(23-47(34)45-38)27-11-16-30(17-12-27)43-35(49)21-26-9-14-29(42)15-10-26/h9-20,22-23,25,36H,21,24H2,1-8H3,(H,43,49). The van der Waals surface area contributed by atoms with Crippen LogP contribution < -0.4 is 15.0 Å². The van der Waals surface area contributed by atoms with Gasteiger partial charge in [-0.05, 0) is 86.3 Å². The Morgan fingerprint density at radius 3 is 2.17 bits per heavy atom. The summed E-state index contributed by atoms with van der Waals surface area (Å²) in [5, 5.41) is 7.34. The number of rotatable bonds is 13. The van der Waals surface area contributed by atoms with Crippen molar-refractivity contribution in [1.82, 2.24) is 19.5 Å². The van der Waals surface area contributed by atoms with Gasteiger partial charge in [-0.1, -0.05) is 38.1 Å². The summed E-state index contributed by atoms with van der Waals surface area (Å²) in [5.74, 6) is -2.16. The minimum absolute atomic E-state index is 0.00846. The summed E-state index contributed by atoms with van der Waals surface area (Å²) >= 11 is 0. The zero-order valence-corrected chi connectivity index (χ0v) is 34.6. The predicted octanol–water partition coefficient (Wildman–Crippen LogP) is 6.80. The van der Waals surface area contributed by atoms with Gasteiger partial charge < -0.3 is 24.3 Å². The highest BCUT2D eigenvalue weighted by atomic mass is 32.2. The van der Waals surface area contributed by atoms with Crippen LogP contribution in [0.5, 0.6) is 5.75 Å². The van der Waals surface area contributed by atoms with Crippen LogP contribution in [0.1, 0.15) is 40.2 Å². The number of likely N-dealkylation sites (N-methyl/N-ethyl adjacent to an activating group) is 1. The first-order valence-corrected chi connectivity index (χ1v) is 20.1. The van der Waals surface area contributed by atoms with Crippen molar-refractivity contribution in [2.45, 2.75) is 57.6 Å². The smallest absolute Gasteiger partial charge is 0.424 e. The zero-order chi connectivity index (χ0) is 43.2. The summed E-state index contributed by atoms with van der Waals surface area (Å²) in [6.45, 7) is 7.62. The molecule has 3 aromatic carbocycles. The van der Waals surface area contributed by atoms with E-state index in [1.54, 1.807) is 89.3 Å². The molecule has 1 N–H and O–H groups in total. The number of amides is 3. The molecule has 0 radical (unpaired) electrons. The highest BCUT2D eigenvalue weighted by Gasteiger charge is 2.35. The van der Waals surface area contributed by atoms with E-state index in [1.165, 1.54) is 49.0 Å². The summed E-state index contributed by atoms with van der Waals surface area (Å²) in [7, 11) is -0.992. The fourth-order valence-electron chi connectivity index (χ4n) is 5.85. The van der Waals surface area contributed by atoms with Crippen molar-refractivity contribution in [3.8, 4) is 16.9 Å². The maximum Gasteiger partial charge on any atom is 0.424 e. The van der Waals surface area contributed by atoms with Crippen molar-refractivity contribution >= 4 is 56.9 Å². The third-order valence-corrected chi connectivity index (χ3v) is 9.77. The van der Waals surface area contributed by atoms with Gasteiger partial charge in [-0.3, -0.25) is 9.69 Å². The molecule has 0 spiro atoms. The Morgan fingerprint density at radius 1 is 0.898 bits per heavy atom. The highest BCUT2D eigenvalue weighted by molar-refractivity contribution is 7.90. The molecule has 0 aliphatic heterocycles. The number of esters is 1. The summed E-state index contributed by atoms with van der Waals surface area (Å²) < 4.78 is 61.0. The Bertz CT molecular complexity index is 2450. The number of ether oxygens (including phenoxy) is 4. The van der Waals surface area contributed by atoms with Gasteiger partial charge in [-0.15, -0.1) is 5.10 Å². The molecule has 2 heterocycles. The Kier molecular flexibility index (Phi) is 13.2. The van der Waals surface area contributed by atoms with Gasteiger partial charge >= 0.3 is 18.2 Å². The summed E-state index contributed by atoms with van der Waals surface area (Å²) in [6, 6.07) is 18.9. The van der Waals surface area contributed by atoms with Crippen LogP contribution in [0.2, 0.25) is 0 Å².